The maximum absolute atomic E-state index is 6.94. The molecular formula is C21H30N8O2S3. The smallest absolute Gasteiger partial charge is 0.225 e. The predicted octanol–water partition coefficient (Wildman–Crippen LogP) is 3.43. The summed E-state index contributed by atoms with van der Waals surface area (Å²) in [6.07, 6.45) is 6.52. The maximum atomic E-state index is 6.94. The van der Waals surface area contributed by atoms with E-state index in [0.29, 0.717) is 18.4 Å². The van der Waals surface area contributed by atoms with Crippen LogP contribution in [-0.4, -0.2) is 89.0 Å². The Hall–Kier alpha value is -1.64. The number of tetrazole rings is 1. The molecule has 6 heterocycles. The van der Waals surface area contributed by atoms with Gasteiger partial charge in [-0.25, -0.2) is 0 Å². The Kier molecular flexibility index (Phi) is 5.69. The first-order valence-corrected chi connectivity index (χ1v) is 16.4. The van der Waals surface area contributed by atoms with E-state index in [1.165, 1.54) is 0 Å². The van der Waals surface area contributed by atoms with Gasteiger partial charge in [-0.2, -0.15) is 17.0 Å². The van der Waals surface area contributed by atoms with Crippen LogP contribution in [0.5, 0.6) is 0 Å². The molecule has 3 aromatic rings. The molecule has 6 rings (SSSR count). The van der Waals surface area contributed by atoms with Gasteiger partial charge in [0.15, 0.2) is 0 Å². The van der Waals surface area contributed by atoms with E-state index < -0.39 is 8.48 Å². The van der Waals surface area contributed by atoms with Gasteiger partial charge in [0, 0.05) is 37.8 Å². The summed E-state index contributed by atoms with van der Waals surface area (Å²) in [4.78, 5) is 0. The van der Waals surface area contributed by atoms with Crippen LogP contribution in [0, 0.1) is 0 Å². The molecule has 0 aliphatic carbocycles. The molecule has 0 radical (unpaired) electrons. The van der Waals surface area contributed by atoms with Gasteiger partial charge >= 0.3 is 0 Å². The molecule has 0 amide bonds. The Bertz CT molecular complexity index is 1040. The molecule has 3 saturated heterocycles. The van der Waals surface area contributed by atoms with Gasteiger partial charge in [-0.05, 0) is 60.0 Å². The number of aromatic amines is 1. The van der Waals surface area contributed by atoms with Gasteiger partial charge in [0.05, 0.1) is 10.4 Å². The van der Waals surface area contributed by atoms with Gasteiger partial charge in [0.25, 0.3) is 0 Å². The summed E-state index contributed by atoms with van der Waals surface area (Å²) >= 11 is 3.71. The number of rotatable bonds is 6. The van der Waals surface area contributed by atoms with Crippen molar-refractivity contribution < 1.29 is 9.47 Å². The van der Waals surface area contributed by atoms with Gasteiger partial charge in [-0.15, -0.1) is 31.7 Å². The number of nitrogens with zero attached hydrogens (tertiary/aromatic N) is 7. The number of hydrogen-bond acceptors (Lipinski definition) is 11. The second-order valence-electron chi connectivity index (χ2n) is 9.00. The number of thiophene rings is 1. The monoisotopic (exact) mass is 522 g/mol. The summed E-state index contributed by atoms with van der Waals surface area (Å²) in [7, 11) is -4.36. The van der Waals surface area contributed by atoms with E-state index in [2.05, 4.69) is 42.6 Å². The minimum atomic E-state index is -4.36. The minimum Gasteiger partial charge on any atom is -0.368 e. The lowest BCUT2D eigenvalue weighted by atomic mass is 10.2. The molecule has 0 spiro atoms. The fourth-order valence-corrected chi connectivity index (χ4v) is 19.8. The fourth-order valence-electron chi connectivity index (χ4n) is 6.61. The van der Waals surface area contributed by atoms with Crippen molar-refractivity contribution in [2.24, 2.45) is 0 Å². The first-order chi connectivity index (χ1) is 16.8. The largest absolute Gasteiger partial charge is 0.368 e. The molecule has 0 bridgehead atoms. The van der Waals surface area contributed by atoms with Gasteiger partial charge in [-0.3, -0.25) is 4.31 Å². The van der Waals surface area contributed by atoms with Crippen LogP contribution in [-0.2, 0) is 9.47 Å². The Morgan fingerprint density at radius 2 is 1.82 bits per heavy atom. The Balaban J connectivity index is 1.90. The van der Waals surface area contributed by atoms with E-state index in [9.17, 15) is 0 Å². The minimum absolute atomic E-state index is 0.237. The van der Waals surface area contributed by atoms with Gasteiger partial charge in [0.1, 0.15) is 15.9 Å². The van der Waals surface area contributed by atoms with Crippen LogP contribution in [0.4, 0.5) is 0 Å². The van der Waals surface area contributed by atoms with Crippen LogP contribution in [0.2, 0.25) is 0 Å². The Morgan fingerprint density at radius 3 is 2.44 bits per heavy atom. The summed E-state index contributed by atoms with van der Waals surface area (Å²) in [5.74, 6) is 2.00. The normalized spacial score (nSPS) is 26.7. The lowest BCUT2D eigenvalue weighted by Gasteiger charge is -2.84. The molecule has 3 aromatic heterocycles. The highest BCUT2D eigenvalue weighted by atomic mass is 32.4. The van der Waals surface area contributed by atoms with E-state index in [1.807, 2.05) is 17.8 Å². The molecule has 3 aliphatic heterocycles. The molecule has 2 unspecified atom stereocenters. The summed E-state index contributed by atoms with van der Waals surface area (Å²) in [6.45, 7) is 3.06. The number of thioether (sulfide) groups is 1. The van der Waals surface area contributed by atoms with Crippen LogP contribution in [0.15, 0.2) is 44.2 Å². The number of hydrogen-bond donors (Lipinski definition) is 1. The Morgan fingerprint density at radius 1 is 1.00 bits per heavy atom. The third-order valence-electron chi connectivity index (χ3n) is 7.85. The van der Waals surface area contributed by atoms with Crippen molar-refractivity contribution in [2.75, 3.05) is 37.8 Å². The molecule has 10 nitrogen and oxygen atoms in total. The van der Waals surface area contributed by atoms with Crippen molar-refractivity contribution in [2.45, 2.75) is 57.4 Å². The van der Waals surface area contributed by atoms with Crippen LogP contribution in [0.3, 0.4) is 0 Å². The van der Waals surface area contributed by atoms with Gasteiger partial charge < -0.3 is 9.47 Å². The standard InChI is InChI=1S/C21H30N8O2S3/c1-2-12-30-18(5-1)34(19-6-3-13-31-19,20-7-4-14-33-20,21-24-27-28-25-21,17-8-9-22-26-23-17)29-10-15-32-16-11-29/h4,7-9,14,18-19H,1-3,5-6,10-13,15-16H2,(H,24,25,27,28). The second kappa shape index (κ2) is 8.49. The van der Waals surface area contributed by atoms with Crippen molar-refractivity contribution in [3.8, 4) is 0 Å². The predicted molar refractivity (Wildman–Crippen MR) is 132 cm³/mol. The maximum Gasteiger partial charge on any atom is 0.225 e. The van der Waals surface area contributed by atoms with Crippen molar-refractivity contribution in [3.63, 3.8) is 0 Å². The van der Waals surface area contributed by atoms with E-state index in [1.54, 1.807) is 17.5 Å². The lowest BCUT2D eigenvalue weighted by Crippen LogP contribution is -2.67. The van der Waals surface area contributed by atoms with E-state index >= 15 is 0 Å². The Labute approximate surface area is 206 Å². The van der Waals surface area contributed by atoms with Crippen LogP contribution >= 0.6 is 31.6 Å². The van der Waals surface area contributed by atoms with Crippen molar-refractivity contribution >= 4 is 31.6 Å². The average Bonchev–Trinajstić information content (AvgIpc) is 3.73. The van der Waals surface area contributed by atoms with Crippen LogP contribution < -0.4 is 0 Å². The SMILES string of the molecule is c1csc(S(c2ccnnn2)(c2nn[nH]n2)(C2CCCCO2)(C2CCCO2)N2CCSCC2)c1. The molecule has 3 aliphatic rings. The zero-order valence-electron chi connectivity index (χ0n) is 19.0. The van der Waals surface area contributed by atoms with E-state index in [0.717, 1.165) is 65.9 Å². The highest BCUT2D eigenvalue weighted by Crippen LogP contribution is 3.08. The highest BCUT2D eigenvalue weighted by Gasteiger charge is 2.83. The van der Waals surface area contributed by atoms with Crippen molar-refractivity contribution in [1.82, 2.24) is 40.3 Å². The van der Waals surface area contributed by atoms with Crippen LogP contribution in [0.25, 0.3) is 0 Å². The number of nitrogens with one attached hydrogen (secondary N) is 1. The molecule has 2 atom stereocenters. The number of ether oxygens (including phenoxy) is 2. The third-order valence-corrected chi connectivity index (χ3v) is 19.8. The number of H-pyrrole nitrogens is 1. The fraction of sp³-hybridized carbons (Fsp3) is 0.619. The molecular weight excluding hydrogens is 492 g/mol. The molecule has 3 fully saturated rings. The zero-order chi connectivity index (χ0) is 23.0. The first kappa shape index (κ1) is 22.8. The summed E-state index contributed by atoms with van der Waals surface area (Å²) in [5.41, 5.74) is -0.480. The van der Waals surface area contributed by atoms with E-state index in [-0.39, 0.29) is 10.9 Å². The quantitative estimate of drug-likeness (QED) is 0.516. The summed E-state index contributed by atoms with van der Waals surface area (Å²) < 4.78 is 17.6. The van der Waals surface area contributed by atoms with Crippen LogP contribution in [0.1, 0.15) is 32.1 Å². The van der Waals surface area contributed by atoms with Crippen molar-refractivity contribution in [1.29, 1.82) is 0 Å². The molecule has 1 N–H and O–H groups in total. The summed E-state index contributed by atoms with van der Waals surface area (Å²) in [6, 6.07) is 6.36. The third kappa shape index (κ3) is 2.45. The highest BCUT2D eigenvalue weighted by molar-refractivity contribution is 8.64. The summed E-state index contributed by atoms with van der Waals surface area (Å²) in [5, 5.41) is 33.5. The molecule has 0 saturated carbocycles. The first-order valence-electron chi connectivity index (χ1n) is 11.8. The molecule has 34 heavy (non-hydrogen) atoms. The topological polar surface area (TPSA) is 115 Å². The second-order valence-corrected chi connectivity index (χ2v) is 17.5. The molecule has 13 heteroatoms. The van der Waals surface area contributed by atoms with Gasteiger partial charge in [0.2, 0.25) is 5.16 Å². The molecule has 0 aromatic carbocycles. The average molecular weight is 523 g/mol. The number of aromatic nitrogens is 7. The van der Waals surface area contributed by atoms with Gasteiger partial charge in [-0.1, -0.05) is 14.5 Å². The van der Waals surface area contributed by atoms with Crippen molar-refractivity contribution in [3.05, 3.63) is 29.8 Å². The zero-order valence-corrected chi connectivity index (χ0v) is 21.4. The van der Waals surface area contributed by atoms with E-state index in [4.69, 9.17) is 24.8 Å². The molecule has 184 valence electrons. The lowest BCUT2D eigenvalue weighted by molar-refractivity contribution is 0.0517.